The fraction of sp³-hybridized carbons (Fsp3) is 0.238. The lowest BCUT2D eigenvalue weighted by atomic mass is 10.2. The Morgan fingerprint density at radius 2 is 1.90 bits per heavy atom. The molecule has 3 aromatic rings. The summed E-state index contributed by atoms with van der Waals surface area (Å²) < 4.78 is 1.77. The first-order chi connectivity index (χ1) is 14.3. The summed E-state index contributed by atoms with van der Waals surface area (Å²) in [4.78, 5) is 24.6. The van der Waals surface area contributed by atoms with Gasteiger partial charge in [-0.1, -0.05) is 47.6 Å². The molecule has 30 heavy (non-hydrogen) atoms. The first-order valence-corrected chi connectivity index (χ1v) is 10.7. The van der Waals surface area contributed by atoms with Gasteiger partial charge >= 0.3 is 0 Å². The maximum Gasteiger partial charge on any atom is 0.251 e. The minimum absolute atomic E-state index is 0.169. The summed E-state index contributed by atoms with van der Waals surface area (Å²) in [5.74, 6) is 0.418. The van der Waals surface area contributed by atoms with E-state index in [-0.39, 0.29) is 23.6 Å². The predicted octanol–water partition coefficient (Wildman–Crippen LogP) is 4.00. The molecule has 0 aliphatic rings. The number of nitrogens with zero attached hydrogens (tertiary/aromatic N) is 3. The summed E-state index contributed by atoms with van der Waals surface area (Å²) in [6.07, 6.45) is 0. The highest BCUT2D eigenvalue weighted by Gasteiger charge is 2.19. The van der Waals surface area contributed by atoms with Gasteiger partial charge in [0.25, 0.3) is 5.91 Å². The maximum atomic E-state index is 12.3. The Morgan fingerprint density at radius 3 is 2.60 bits per heavy atom. The van der Waals surface area contributed by atoms with Crippen molar-refractivity contribution >= 4 is 40.9 Å². The molecule has 156 valence electrons. The summed E-state index contributed by atoms with van der Waals surface area (Å²) in [6, 6.07) is 14.0. The van der Waals surface area contributed by atoms with E-state index in [1.807, 2.05) is 38.1 Å². The van der Waals surface area contributed by atoms with Crippen molar-refractivity contribution in [2.45, 2.75) is 25.0 Å². The maximum absolute atomic E-state index is 12.3. The smallest absolute Gasteiger partial charge is 0.251 e. The Bertz CT molecular complexity index is 1050. The largest absolute Gasteiger partial charge is 0.342 e. The number of thioether (sulfide) groups is 1. The number of hydrogen-bond acceptors (Lipinski definition) is 5. The van der Waals surface area contributed by atoms with E-state index in [9.17, 15) is 9.59 Å². The molecule has 7 nitrogen and oxygen atoms in total. The fourth-order valence-electron chi connectivity index (χ4n) is 2.76. The van der Waals surface area contributed by atoms with Crippen LogP contribution < -0.4 is 10.6 Å². The Kier molecular flexibility index (Phi) is 7.12. The van der Waals surface area contributed by atoms with Crippen LogP contribution in [0.2, 0.25) is 5.02 Å². The predicted molar refractivity (Wildman–Crippen MR) is 119 cm³/mol. The highest BCUT2D eigenvalue weighted by Crippen LogP contribution is 2.22. The molecule has 3 rings (SSSR count). The molecule has 0 aliphatic heterocycles. The van der Waals surface area contributed by atoms with Gasteiger partial charge in [0.2, 0.25) is 5.91 Å². The molecule has 2 aromatic carbocycles. The van der Waals surface area contributed by atoms with Crippen molar-refractivity contribution in [2.75, 3.05) is 11.1 Å². The highest BCUT2D eigenvalue weighted by atomic mass is 35.5. The number of carbonyl (C=O) groups excluding carboxylic acids is 2. The van der Waals surface area contributed by atoms with Gasteiger partial charge in [-0.15, -0.1) is 10.2 Å². The van der Waals surface area contributed by atoms with Crippen LogP contribution in [0.15, 0.2) is 53.7 Å². The number of benzene rings is 2. The molecule has 0 saturated carbocycles. The molecular weight excluding hydrogens is 422 g/mol. The van der Waals surface area contributed by atoms with E-state index in [1.54, 1.807) is 35.9 Å². The molecule has 1 atom stereocenters. The van der Waals surface area contributed by atoms with Crippen LogP contribution in [0.25, 0.3) is 0 Å². The molecule has 0 spiro atoms. The highest BCUT2D eigenvalue weighted by molar-refractivity contribution is 7.99. The van der Waals surface area contributed by atoms with Crippen molar-refractivity contribution < 1.29 is 9.59 Å². The number of rotatable bonds is 7. The lowest BCUT2D eigenvalue weighted by Crippen LogP contribution is -2.28. The number of aromatic nitrogens is 3. The van der Waals surface area contributed by atoms with Gasteiger partial charge in [-0.05, 0) is 43.7 Å². The molecule has 9 heteroatoms. The molecule has 0 radical (unpaired) electrons. The molecule has 0 saturated heterocycles. The van der Waals surface area contributed by atoms with Crippen molar-refractivity contribution in [1.82, 2.24) is 20.1 Å². The van der Waals surface area contributed by atoms with E-state index in [1.165, 1.54) is 11.8 Å². The Morgan fingerprint density at radius 1 is 1.17 bits per heavy atom. The second kappa shape index (κ2) is 9.77. The van der Waals surface area contributed by atoms with Crippen LogP contribution in [-0.2, 0) is 11.8 Å². The van der Waals surface area contributed by atoms with Crippen molar-refractivity contribution in [3.05, 3.63) is 70.5 Å². The zero-order valence-electron chi connectivity index (χ0n) is 16.8. The second-order valence-corrected chi connectivity index (χ2v) is 8.11. The summed E-state index contributed by atoms with van der Waals surface area (Å²) in [7, 11) is 1.81. The summed E-state index contributed by atoms with van der Waals surface area (Å²) >= 11 is 7.36. The number of nitrogens with one attached hydrogen (secondary N) is 2. The van der Waals surface area contributed by atoms with E-state index in [2.05, 4.69) is 20.8 Å². The van der Waals surface area contributed by atoms with Crippen LogP contribution in [0.1, 0.15) is 34.7 Å². The van der Waals surface area contributed by atoms with Crippen LogP contribution >= 0.6 is 23.4 Å². The Labute approximate surface area is 184 Å². The molecule has 2 N–H and O–H groups in total. The van der Waals surface area contributed by atoms with Gasteiger partial charge in [-0.2, -0.15) is 0 Å². The van der Waals surface area contributed by atoms with E-state index < -0.39 is 0 Å². The topological polar surface area (TPSA) is 88.9 Å². The third-order valence-electron chi connectivity index (χ3n) is 4.43. The fourth-order valence-corrected chi connectivity index (χ4v) is 3.66. The van der Waals surface area contributed by atoms with Gasteiger partial charge in [-0.3, -0.25) is 9.59 Å². The van der Waals surface area contributed by atoms with Crippen molar-refractivity contribution in [3.63, 3.8) is 0 Å². The normalized spacial score (nSPS) is 11.7. The minimum atomic E-state index is -0.340. The first-order valence-electron chi connectivity index (χ1n) is 9.29. The van der Waals surface area contributed by atoms with Crippen molar-refractivity contribution in [3.8, 4) is 0 Å². The lowest BCUT2D eigenvalue weighted by molar-refractivity contribution is -0.113. The van der Waals surface area contributed by atoms with E-state index in [0.717, 1.165) is 5.56 Å². The Hall–Kier alpha value is -2.84. The van der Waals surface area contributed by atoms with E-state index in [4.69, 9.17) is 11.6 Å². The van der Waals surface area contributed by atoms with Gasteiger partial charge in [0, 0.05) is 23.3 Å². The molecular formula is C21H22ClN5O2S. The van der Waals surface area contributed by atoms with Gasteiger partial charge in [0.05, 0.1) is 11.8 Å². The number of amides is 2. The Balaban J connectivity index is 1.57. The summed E-state index contributed by atoms with van der Waals surface area (Å²) in [6.45, 7) is 3.74. The van der Waals surface area contributed by atoms with E-state index in [0.29, 0.717) is 27.3 Å². The summed E-state index contributed by atoms with van der Waals surface area (Å²) in [5.41, 5.74) is 2.17. The number of carbonyl (C=O) groups is 2. The number of aryl methyl sites for hydroxylation is 1. The summed E-state index contributed by atoms with van der Waals surface area (Å²) in [5, 5.41) is 15.2. The molecule has 2 amide bonds. The monoisotopic (exact) mass is 443 g/mol. The number of hydrogen-bond donors (Lipinski definition) is 2. The SMILES string of the molecule is Cc1ccc(NC(=O)CSc2nnc([C@H](C)NC(=O)c3ccccc3)n2C)cc1Cl. The average molecular weight is 444 g/mol. The zero-order valence-corrected chi connectivity index (χ0v) is 18.4. The third kappa shape index (κ3) is 5.40. The molecule has 0 aliphatic carbocycles. The zero-order chi connectivity index (χ0) is 21.7. The van der Waals surface area contributed by atoms with Crippen molar-refractivity contribution in [2.24, 2.45) is 7.05 Å². The van der Waals surface area contributed by atoms with Gasteiger partial charge in [0.1, 0.15) is 0 Å². The van der Waals surface area contributed by atoms with Gasteiger partial charge < -0.3 is 15.2 Å². The quantitative estimate of drug-likeness (QED) is 0.539. The van der Waals surface area contributed by atoms with Crippen LogP contribution in [0, 0.1) is 6.92 Å². The molecule has 1 aromatic heterocycles. The minimum Gasteiger partial charge on any atom is -0.342 e. The van der Waals surface area contributed by atoms with Crippen LogP contribution in [0.5, 0.6) is 0 Å². The van der Waals surface area contributed by atoms with Crippen LogP contribution in [0.4, 0.5) is 5.69 Å². The molecule has 1 heterocycles. The van der Waals surface area contributed by atoms with Gasteiger partial charge in [0.15, 0.2) is 11.0 Å². The van der Waals surface area contributed by atoms with E-state index >= 15 is 0 Å². The molecule has 0 unspecified atom stereocenters. The third-order valence-corrected chi connectivity index (χ3v) is 5.85. The second-order valence-electron chi connectivity index (χ2n) is 6.76. The number of anilines is 1. The number of halogens is 1. The van der Waals surface area contributed by atoms with Gasteiger partial charge in [-0.25, -0.2) is 0 Å². The van der Waals surface area contributed by atoms with Crippen LogP contribution in [0.3, 0.4) is 0 Å². The average Bonchev–Trinajstić information content (AvgIpc) is 3.10. The molecule has 0 bridgehead atoms. The molecule has 0 fully saturated rings. The lowest BCUT2D eigenvalue weighted by Gasteiger charge is -2.13. The van der Waals surface area contributed by atoms with Crippen LogP contribution in [-0.4, -0.2) is 32.3 Å². The van der Waals surface area contributed by atoms with Crippen molar-refractivity contribution in [1.29, 1.82) is 0 Å². The first kappa shape index (κ1) is 21.9. The standard InChI is InChI=1S/C21H22ClN5O2S/c1-13-9-10-16(11-17(13)22)24-18(28)12-30-21-26-25-19(27(21)3)14(2)23-20(29)15-7-5-4-6-8-15/h4-11,14H,12H2,1-3H3,(H,23,29)(H,24,28)/t14-/m0/s1.